The van der Waals surface area contributed by atoms with Crippen LogP contribution in [0.3, 0.4) is 0 Å². The molecule has 4 amide bonds. The van der Waals surface area contributed by atoms with Crippen molar-refractivity contribution in [2.45, 2.75) is 6.92 Å². The summed E-state index contributed by atoms with van der Waals surface area (Å²) in [5.41, 5.74) is 1.54. The predicted molar refractivity (Wildman–Crippen MR) is 106 cm³/mol. The Kier molecular flexibility index (Phi) is 5.54. The summed E-state index contributed by atoms with van der Waals surface area (Å²) in [6.45, 7) is 1.89. The van der Waals surface area contributed by atoms with Crippen molar-refractivity contribution < 1.29 is 28.6 Å². The zero-order valence-electron chi connectivity index (χ0n) is 16.4. The average Bonchev–Trinajstić information content (AvgIpc) is 2.71. The number of amides is 4. The quantitative estimate of drug-likeness (QED) is 0.617. The Morgan fingerprint density at radius 3 is 2.10 bits per heavy atom. The third-order valence-corrected chi connectivity index (χ3v) is 4.43. The number of nitrogens with zero attached hydrogens (tertiary/aromatic N) is 1. The number of barbiturate groups is 1. The van der Waals surface area contributed by atoms with Crippen LogP contribution in [-0.4, -0.2) is 39.2 Å². The number of carbonyl (C=O) groups is 3. The Hall–Kier alpha value is -3.81. The van der Waals surface area contributed by atoms with Gasteiger partial charge < -0.3 is 14.2 Å². The predicted octanol–water partition coefficient (Wildman–Crippen LogP) is 2.69. The smallest absolute Gasteiger partial charge is 0.335 e. The van der Waals surface area contributed by atoms with E-state index in [9.17, 15) is 14.4 Å². The number of methoxy groups -OCH3 is 3. The largest absolute Gasteiger partial charge is 0.493 e. The summed E-state index contributed by atoms with van der Waals surface area (Å²) in [5, 5.41) is 2.19. The van der Waals surface area contributed by atoms with Gasteiger partial charge in [0.15, 0.2) is 11.5 Å². The number of nitrogens with one attached hydrogen (secondary N) is 1. The summed E-state index contributed by atoms with van der Waals surface area (Å²) < 4.78 is 16.0. The average molecular weight is 396 g/mol. The molecule has 150 valence electrons. The Bertz CT molecular complexity index is 1010. The number of ether oxygens (including phenoxy) is 3. The van der Waals surface area contributed by atoms with Gasteiger partial charge in [-0.3, -0.25) is 14.9 Å². The molecule has 29 heavy (non-hydrogen) atoms. The molecule has 0 saturated carbocycles. The third kappa shape index (κ3) is 3.64. The van der Waals surface area contributed by atoms with E-state index < -0.39 is 17.8 Å². The lowest BCUT2D eigenvalue weighted by Crippen LogP contribution is -2.54. The van der Waals surface area contributed by atoms with E-state index in [1.165, 1.54) is 27.4 Å². The highest BCUT2D eigenvalue weighted by atomic mass is 16.5. The van der Waals surface area contributed by atoms with E-state index in [4.69, 9.17) is 14.2 Å². The highest BCUT2D eigenvalue weighted by Gasteiger charge is 2.37. The van der Waals surface area contributed by atoms with E-state index in [0.29, 0.717) is 28.5 Å². The minimum absolute atomic E-state index is 0.212. The molecule has 1 heterocycles. The monoisotopic (exact) mass is 396 g/mol. The molecule has 0 spiro atoms. The second kappa shape index (κ2) is 8.05. The molecule has 0 aromatic heterocycles. The number of hydrogen-bond acceptors (Lipinski definition) is 6. The number of carbonyl (C=O) groups excluding carboxylic acids is 3. The van der Waals surface area contributed by atoms with Crippen LogP contribution in [0.5, 0.6) is 17.2 Å². The van der Waals surface area contributed by atoms with E-state index in [-0.39, 0.29) is 5.57 Å². The first kappa shape index (κ1) is 19.9. The van der Waals surface area contributed by atoms with E-state index >= 15 is 0 Å². The van der Waals surface area contributed by atoms with Gasteiger partial charge in [0.2, 0.25) is 5.75 Å². The topological polar surface area (TPSA) is 94.2 Å². The summed E-state index contributed by atoms with van der Waals surface area (Å²) in [6.07, 6.45) is 1.35. The Labute approximate surface area is 167 Å². The van der Waals surface area contributed by atoms with Crippen molar-refractivity contribution in [2.24, 2.45) is 0 Å². The lowest BCUT2D eigenvalue weighted by Gasteiger charge is -2.26. The summed E-state index contributed by atoms with van der Waals surface area (Å²) in [5.74, 6) is -0.486. The van der Waals surface area contributed by atoms with Crippen molar-refractivity contribution >= 4 is 29.6 Å². The molecule has 1 N–H and O–H groups in total. The minimum Gasteiger partial charge on any atom is -0.493 e. The van der Waals surface area contributed by atoms with Crippen molar-refractivity contribution in [3.63, 3.8) is 0 Å². The zero-order chi connectivity index (χ0) is 21.1. The summed E-state index contributed by atoms with van der Waals surface area (Å²) >= 11 is 0. The van der Waals surface area contributed by atoms with Gasteiger partial charge in [-0.1, -0.05) is 17.7 Å². The van der Waals surface area contributed by atoms with E-state index in [0.717, 1.165) is 10.5 Å². The molecule has 0 radical (unpaired) electrons. The number of imide groups is 2. The fourth-order valence-electron chi connectivity index (χ4n) is 2.98. The van der Waals surface area contributed by atoms with Crippen LogP contribution >= 0.6 is 0 Å². The van der Waals surface area contributed by atoms with Crippen LogP contribution in [0.4, 0.5) is 10.5 Å². The van der Waals surface area contributed by atoms with Gasteiger partial charge in [-0.05, 0) is 37.3 Å². The van der Waals surface area contributed by atoms with Gasteiger partial charge >= 0.3 is 6.03 Å². The van der Waals surface area contributed by atoms with E-state index in [1.807, 2.05) is 6.92 Å². The molecule has 0 aliphatic carbocycles. The molecule has 8 nitrogen and oxygen atoms in total. The third-order valence-electron chi connectivity index (χ3n) is 4.43. The lowest BCUT2D eigenvalue weighted by atomic mass is 10.0. The highest BCUT2D eigenvalue weighted by Crippen LogP contribution is 2.40. The Balaban J connectivity index is 2.08. The van der Waals surface area contributed by atoms with Crippen LogP contribution in [0.25, 0.3) is 6.08 Å². The molecule has 0 unspecified atom stereocenters. The maximum absolute atomic E-state index is 13.0. The van der Waals surface area contributed by atoms with Crippen LogP contribution in [0.1, 0.15) is 11.1 Å². The van der Waals surface area contributed by atoms with Gasteiger partial charge in [0.25, 0.3) is 11.8 Å². The van der Waals surface area contributed by atoms with Gasteiger partial charge in [0.05, 0.1) is 27.0 Å². The van der Waals surface area contributed by atoms with Gasteiger partial charge in [0.1, 0.15) is 5.57 Å². The first-order chi connectivity index (χ1) is 13.9. The fourth-order valence-corrected chi connectivity index (χ4v) is 2.98. The molecule has 1 saturated heterocycles. The molecule has 0 bridgehead atoms. The van der Waals surface area contributed by atoms with E-state index in [1.54, 1.807) is 36.4 Å². The molecule has 2 aromatic carbocycles. The molecule has 0 atom stereocenters. The standard InChI is InChI=1S/C21H20N2O6/c1-12-5-8-14(9-6-12)23-20(25)15(19(24)22-21(23)26)11-13-7-10-16(27-2)18(29-4)17(13)28-3/h5-11H,1-4H3,(H,22,24,26). The van der Waals surface area contributed by atoms with Crippen molar-refractivity contribution in [2.75, 3.05) is 26.2 Å². The summed E-state index contributed by atoms with van der Waals surface area (Å²) in [6, 6.07) is 9.26. The van der Waals surface area contributed by atoms with Crippen LogP contribution in [0.2, 0.25) is 0 Å². The molecular formula is C21H20N2O6. The summed E-state index contributed by atoms with van der Waals surface area (Å²) in [7, 11) is 4.37. The van der Waals surface area contributed by atoms with Gasteiger partial charge in [-0.25, -0.2) is 9.69 Å². The van der Waals surface area contributed by atoms with Crippen molar-refractivity contribution in [3.8, 4) is 17.2 Å². The highest BCUT2D eigenvalue weighted by molar-refractivity contribution is 6.39. The number of benzene rings is 2. The minimum atomic E-state index is -0.805. The van der Waals surface area contributed by atoms with Crippen LogP contribution in [-0.2, 0) is 9.59 Å². The van der Waals surface area contributed by atoms with Gasteiger partial charge in [-0.2, -0.15) is 0 Å². The molecule has 1 fully saturated rings. The molecule has 8 heteroatoms. The molecule has 3 rings (SSSR count). The first-order valence-corrected chi connectivity index (χ1v) is 8.68. The Morgan fingerprint density at radius 1 is 0.862 bits per heavy atom. The number of anilines is 1. The SMILES string of the molecule is COc1ccc(C=C2C(=O)NC(=O)N(c3ccc(C)cc3)C2=O)c(OC)c1OC. The molecule has 1 aliphatic rings. The number of urea groups is 1. The number of rotatable bonds is 5. The van der Waals surface area contributed by atoms with Crippen LogP contribution in [0.15, 0.2) is 42.0 Å². The molecule has 1 aliphatic heterocycles. The van der Waals surface area contributed by atoms with E-state index in [2.05, 4.69) is 5.32 Å². The fraction of sp³-hybridized carbons (Fsp3) is 0.190. The Morgan fingerprint density at radius 2 is 1.52 bits per heavy atom. The summed E-state index contributed by atoms with van der Waals surface area (Å²) in [4.78, 5) is 38.6. The first-order valence-electron chi connectivity index (χ1n) is 8.68. The van der Waals surface area contributed by atoms with Gasteiger partial charge in [-0.15, -0.1) is 0 Å². The maximum atomic E-state index is 13.0. The van der Waals surface area contributed by atoms with Crippen molar-refractivity contribution in [1.29, 1.82) is 0 Å². The van der Waals surface area contributed by atoms with Crippen molar-refractivity contribution in [1.82, 2.24) is 5.32 Å². The zero-order valence-corrected chi connectivity index (χ0v) is 16.4. The maximum Gasteiger partial charge on any atom is 0.335 e. The molecular weight excluding hydrogens is 376 g/mol. The lowest BCUT2D eigenvalue weighted by molar-refractivity contribution is -0.122. The second-order valence-corrected chi connectivity index (χ2v) is 6.22. The number of aryl methyl sites for hydroxylation is 1. The second-order valence-electron chi connectivity index (χ2n) is 6.22. The normalized spacial score (nSPS) is 15.4. The number of hydrogen-bond donors (Lipinski definition) is 1. The van der Waals surface area contributed by atoms with Gasteiger partial charge in [0, 0.05) is 5.56 Å². The van der Waals surface area contributed by atoms with Crippen LogP contribution in [0, 0.1) is 6.92 Å². The van der Waals surface area contributed by atoms with Crippen LogP contribution < -0.4 is 24.4 Å². The van der Waals surface area contributed by atoms with Crippen molar-refractivity contribution in [3.05, 3.63) is 53.1 Å². The molecule has 2 aromatic rings.